The number of halogens is 2. The Morgan fingerprint density at radius 1 is 1.33 bits per heavy atom. The van der Waals surface area contributed by atoms with E-state index in [1.165, 1.54) is 25.0 Å². The maximum Gasteiger partial charge on any atom is 0.271 e. The van der Waals surface area contributed by atoms with Crippen LogP contribution in [0, 0.1) is 11.7 Å². The van der Waals surface area contributed by atoms with Gasteiger partial charge >= 0.3 is 0 Å². The molecule has 0 aliphatic carbocycles. The highest BCUT2D eigenvalue weighted by atomic mass is 35.5. The monoisotopic (exact) mass is 352 g/mol. The van der Waals surface area contributed by atoms with Crippen molar-refractivity contribution in [3.8, 4) is 5.69 Å². The Morgan fingerprint density at radius 2 is 2.12 bits per heavy atom. The second-order valence-electron chi connectivity index (χ2n) is 5.88. The third kappa shape index (κ3) is 4.79. The maximum absolute atomic E-state index is 12.9. The van der Waals surface area contributed by atoms with E-state index in [1.807, 2.05) is 0 Å². The molecule has 1 amide bonds. The number of amides is 1. The molecule has 0 bridgehead atoms. The Labute approximate surface area is 147 Å². The van der Waals surface area contributed by atoms with Crippen LogP contribution < -0.4 is 10.6 Å². The molecule has 1 atom stereocenters. The third-order valence-electron chi connectivity index (χ3n) is 4.15. The van der Waals surface area contributed by atoms with E-state index in [9.17, 15) is 9.18 Å². The predicted octanol–water partition coefficient (Wildman–Crippen LogP) is 2.55. The van der Waals surface area contributed by atoms with Crippen molar-refractivity contribution in [3.63, 3.8) is 0 Å². The van der Waals surface area contributed by atoms with Crippen molar-refractivity contribution < 1.29 is 9.18 Å². The van der Waals surface area contributed by atoms with Crippen LogP contribution in [0.4, 0.5) is 4.39 Å². The topological polar surface area (TPSA) is 59.0 Å². The number of rotatable bonds is 5. The van der Waals surface area contributed by atoms with E-state index in [0.29, 0.717) is 18.2 Å². The van der Waals surface area contributed by atoms with Gasteiger partial charge in [0.2, 0.25) is 0 Å². The molecule has 1 aromatic carbocycles. The van der Waals surface area contributed by atoms with E-state index < -0.39 is 0 Å². The third-order valence-corrected chi connectivity index (χ3v) is 4.15. The summed E-state index contributed by atoms with van der Waals surface area (Å²) in [7, 11) is 0. The molecule has 7 heteroatoms. The zero-order valence-corrected chi connectivity index (χ0v) is 14.2. The van der Waals surface area contributed by atoms with E-state index in [4.69, 9.17) is 0 Å². The van der Waals surface area contributed by atoms with Crippen LogP contribution in [-0.4, -0.2) is 35.3 Å². The van der Waals surface area contributed by atoms with Gasteiger partial charge in [0, 0.05) is 12.7 Å². The maximum atomic E-state index is 12.9. The van der Waals surface area contributed by atoms with Gasteiger partial charge in [-0.25, -0.2) is 9.07 Å². The molecule has 5 nitrogen and oxygen atoms in total. The molecule has 1 aromatic heterocycles. The number of carbonyl (C=O) groups excluding carboxylic acids is 1. The number of piperidine rings is 1. The van der Waals surface area contributed by atoms with Crippen molar-refractivity contribution >= 4 is 18.3 Å². The van der Waals surface area contributed by atoms with Crippen molar-refractivity contribution in [2.45, 2.75) is 19.3 Å². The lowest BCUT2D eigenvalue weighted by Crippen LogP contribution is -2.33. The fourth-order valence-corrected chi connectivity index (χ4v) is 2.83. The van der Waals surface area contributed by atoms with E-state index in [2.05, 4.69) is 15.7 Å². The molecule has 24 heavy (non-hydrogen) atoms. The summed E-state index contributed by atoms with van der Waals surface area (Å²) in [5, 5.41) is 10.5. The summed E-state index contributed by atoms with van der Waals surface area (Å²) in [5.74, 6) is 0.173. The first-order valence-corrected chi connectivity index (χ1v) is 8.03. The zero-order chi connectivity index (χ0) is 16.1. The summed E-state index contributed by atoms with van der Waals surface area (Å²) in [6.07, 6.45) is 5.12. The van der Waals surface area contributed by atoms with Crippen LogP contribution in [0.1, 0.15) is 29.8 Å². The lowest BCUT2D eigenvalue weighted by Gasteiger charge is -2.22. The van der Waals surface area contributed by atoms with Gasteiger partial charge in [0.15, 0.2) is 5.69 Å². The van der Waals surface area contributed by atoms with Crippen LogP contribution >= 0.6 is 12.4 Å². The zero-order valence-electron chi connectivity index (χ0n) is 13.4. The molecule has 2 aromatic rings. The Bertz CT molecular complexity index is 653. The molecule has 2 N–H and O–H groups in total. The Morgan fingerprint density at radius 3 is 2.83 bits per heavy atom. The molecule has 3 rings (SSSR count). The van der Waals surface area contributed by atoms with Crippen LogP contribution in [0.25, 0.3) is 5.69 Å². The van der Waals surface area contributed by atoms with Gasteiger partial charge in [0.05, 0.1) is 5.69 Å². The number of nitrogens with zero attached hydrogens (tertiary/aromatic N) is 2. The fraction of sp³-hybridized carbons (Fsp3) is 0.412. The molecular weight excluding hydrogens is 331 g/mol. The van der Waals surface area contributed by atoms with E-state index in [0.717, 1.165) is 25.2 Å². The highest BCUT2D eigenvalue weighted by Gasteiger charge is 2.14. The van der Waals surface area contributed by atoms with E-state index in [-0.39, 0.29) is 24.1 Å². The summed E-state index contributed by atoms with van der Waals surface area (Å²) < 4.78 is 14.5. The Balaban J connectivity index is 0.00000208. The van der Waals surface area contributed by atoms with Gasteiger partial charge in [-0.3, -0.25) is 4.79 Å². The van der Waals surface area contributed by atoms with Crippen molar-refractivity contribution in [2.24, 2.45) is 5.92 Å². The van der Waals surface area contributed by atoms with Crippen LogP contribution in [-0.2, 0) is 0 Å². The van der Waals surface area contributed by atoms with Gasteiger partial charge in [0.1, 0.15) is 5.82 Å². The van der Waals surface area contributed by atoms with Gasteiger partial charge in [0.25, 0.3) is 5.91 Å². The van der Waals surface area contributed by atoms with Crippen LogP contribution in [0.2, 0.25) is 0 Å². The first-order chi connectivity index (χ1) is 11.2. The fourth-order valence-electron chi connectivity index (χ4n) is 2.83. The summed E-state index contributed by atoms with van der Waals surface area (Å²) >= 11 is 0. The van der Waals surface area contributed by atoms with Crippen LogP contribution in [0.5, 0.6) is 0 Å². The van der Waals surface area contributed by atoms with E-state index >= 15 is 0 Å². The first kappa shape index (κ1) is 18.4. The molecule has 0 spiro atoms. The Hall–Kier alpha value is -1.92. The quantitative estimate of drug-likeness (QED) is 0.869. The van der Waals surface area contributed by atoms with Gasteiger partial charge < -0.3 is 10.6 Å². The van der Waals surface area contributed by atoms with Crippen molar-refractivity contribution in [1.82, 2.24) is 20.4 Å². The van der Waals surface area contributed by atoms with Crippen LogP contribution in [0.3, 0.4) is 0 Å². The summed E-state index contributed by atoms with van der Waals surface area (Å²) in [4.78, 5) is 12.1. The molecule has 1 fully saturated rings. The molecular formula is C17H22ClFN4O. The number of hydrogen-bond acceptors (Lipinski definition) is 3. The normalized spacial score (nSPS) is 17.1. The highest BCUT2D eigenvalue weighted by Crippen LogP contribution is 2.13. The molecule has 1 saturated heterocycles. The summed E-state index contributed by atoms with van der Waals surface area (Å²) in [5.41, 5.74) is 1.09. The average molecular weight is 353 g/mol. The predicted molar refractivity (Wildman–Crippen MR) is 93.3 cm³/mol. The molecule has 0 saturated carbocycles. The second-order valence-corrected chi connectivity index (χ2v) is 5.88. The SMILES string of the molecule is Cl.O=C(NCCC1CCCNC1)c1ccn(-c2ccc(F)cc2)n1. The summed E-state index contributed by atoms with van der Waals surface area (Å²) in [6.45, 7) is 2.80. The number of nitrogens with one attached hydrogen (secondary N) is 2. The number of carbonyl (C=O) groups is 1. The minimum atomic E-state index is -0.295. The number of aromatic nitrogens is 2. The van der Waals surface area contributed by atoms with Crippen LogP contribution in [0.15, 0.2) is 36.5 Å². The lowest BCUT2D eigenvalue weighted by atomic mass is 9.96. The molecule has 1 aliphatic heterocycles. The number of benzene rings is 1. The van der Waals surface area contributed by atoms with E-state index in [1.54, 1.807) is 29.1 Å². The van der Waals surface area contributed by atoms with Crippen molar-refractivity contribution in [2.75, 3.05) is 19.6 Å². The molecule has 1 aliphatic rings. The van der Waals surface area contributed by atoms with Gasteiger partial charge in [-0.1, -0.05) is 0 Å². The van der Waals surface area contributed by atoms with Gasteiger partial charge in [-0.2, -0.15) is 5.10 Å². The Kier molecular flexibility index (Phi) is 6.75. The summed E-state index contributed by atoms with van der Waals surface area (Å²) in [6, 6.07) is 7.66. The molecule has 130 valence electrons. The van der Waals surface area contributed by atoms with Crippen molar-refractivity contribution in [1.29, 1.82) is 0 Å². The largest absolute Gasteiger partial charge is 0.351 e. The minimum absolute atomic E-state index is 0. The van der Waals surface area contributed by atoms with Gasteiger partial charge in [-0.15, -0.1) is 12.4 Å². The highest BCUT2D eigenvalue weighted by molar-refractivity contribution is 5.92. The smallest absolute Gasteiger partial charge is 0.271 e. The lowest BCUT2D eigenvalue weighted by molar-refractivity contribution is 0.0945. The average Bonchev–Trinajstić information content (AvgIpc) is 3.06. The standard InChI is InChI=1S/C17H21FN4O.ClH/c18-14-3-5-15(6-4-14)22-11-8-16(21-22)17(23)20-10-7-13-2-1-9-19-12-13;/h3-6,8,11,13,19H,1-2,7,9-10,12H2,(H,20,23);1H. The molecule has 0 radical (unpaired) electrons. The van der Waals surface area contributed by atoms with Crippen molar-refractivity contribution in [3.05, 3.63) is 48.0 Å². The minimum Gasteiger partial charge on any atom is -0.351 e. The first-order valence-electron chi connectivity index (χ1n) is 8.03. The second kappa shape index (κ2) is 8.80. The van der Waals surface area contributed by atoms with Gasteiger partial charge in [-0.05, 0) is 68.6 Å². The molecule has 1 unspecified atom stereocenters. The molecule has 2 heterocycles. The number of hydrogen-bond donors (Lipinski definition) is 2.